The number of anilines is 1. The Bertz CT molecular complexity index is 414. The Morgan fingerprint density at radius 2 is 2.33 bits per heavy atom. The number of nitro groups is 1. The molecule has 0 aliphatic carbocycles. The summed E-state index contributed by atoms with van der Waals surface area (Å²) in [4.78, 5) is 14.3. The van der Waals surface area contributed by atoms with E-state index < -0.39 is 11.0 Å². The number of aromatic nitrogens is 1. The highest BCUT2D eigenvalue weighted by Crippen LogP contribution is 2.24. The van der Waals surface area contributed by atoms with E-state index in [0.29, 0.717) is 24.1 Å². The Kier molecular flexibility index (Phi) is 5.96. The lowest BCUT2D eigenvalue weighted by molar-refractivity contribution is -0.384. The minimum absolute atomic E-state index is 0.0695. The van der Waals surface area contributed by atoms with Gasteiger partial charge in [0.05, 0.1) is 11.0 Å². The van der Waals surface area contributed by atoms with Crippen molar-refractivity contribution in [2.45, 2.75) is 13.0 Å². The number of hydrogen-bond acceptors (Lipinski definition) is 6. The van der Waals surface area contributed by atoms with Crippen LogP contribution in [0.5, 0.6) is 0 Å². The molecule has 0 saturated carbocycles. The smallest absolute Gasteiger partial charge is 0.312 e. The molecule has 7 nitrogen and oxygen atoms in total. The van der Waals surface area contributed by atoms with Crippen LogP contribution in [0.3, 0.4) is 0 Å². The van der Waals surface area contributed by atoms with Crippen molar-refractivity contribution in [3.63, 3.8) is 0 Å². The lowest BCUT2D eigenvalue weighted by Crippen LogP contribution is -2.29. The van der Waals surface area contributed by atoms with Crippen molar-refractivity contribution in [2.24, 2.45) is 0 Å². The predicted octanol–water partition coefficient (Wildman–Crippen LogP) is 1.13. The molecule has 100 valence electrons. The van der Waals surface area contributed by atoms with E-state index in [0.717, 1.165) is 0 Å². The van der Waals surface area contributed by atoms with Gasteiger partial charge in [0.2, 0.25) is 5.82 Å². The van der Waals surface area contributed by atoms with E-state index in [1.165, 1.54) is 12.3 Å². The van der Waals surface area contributed by atoms with Gasteiger partial charge in [0.15, 0.2) is 0 Å². The Balaban J connectivity index is 2.49. The molecule has 1 rings (SSSR count). The average molecular weight is 319 g/mol. The molecular weight excluding hydrogens is 304 g/mol. The van der Waals surface area contributed by atoms with Crippen LogP contribution in [-0.2, 0) is 0 Å². The molecule has 3 N–H and O–H groups in total. The first-order chi connectivity index (χ1) is 8.50. The molecule has 0 fully saturated rings. The van der Waals surface area contributed by atoms with Crippen LogP contribution in [0.15, 0.2) is 16.7 Å². The first-order valence-corrected chi connectivity index (χ1v) is 6.22. The van der Waals surface area contributed by atoms with Crippen LogP contribution in [0.2, 0.25) is 0 Å². The Labute approximate surface area is 113 Å². The SMILES string of the molecule is CC(O)CNCCNc1ncc(Br)cc1[N+](=O)[O-]. The molecule has 8 heteroatoms. The van der Waals surface area contributed by atoms with Crippen LogP contribution < -0.4 is 10.6 Å². The maximum absolute atomic E-state index is 10.8. The molecule has 0 aliphatic heterocycles. The van der Waals surface area contributed by atoms with E-state index in [4.69, 9.17) is 5.11 Å². The largest absolute Gasteiger partial charge is 0.392 e. The number of aliphatic hydroxyl groups excluding tert-OH is 1. The summed E-state index contributed by atoms with van der Waals surface area (Å²) >= 11 is 3.14. The molecule has 18 heavy (non-hydrogen) atoms. The van der Waals surface area contributed by atoms with Gasteiger partial charge in [-0.25, -0.2) is 4.98 Å². The van der Waals surface area contributed by atoms with E-state index in [9.17, 15) is 10.1 Å². The number of nitrogens with one attached hydrogen (secondary N) is 2. The standard InChI is InChI=1S/C10H15BrN4O3/c1-7(16)5-12-2-3-13-10-9(15(17)18)4-8(11)6-14-10/h4,6-7,12,16H,2-3,5H2,1H3,(H,13,14). The van der Waals surface area contributed by atoms with Crippen molar-refractivity contribution in [2.75, 3.05) is 25.0 Å². The Morgan fingerprint density at radius 3 is 2.94 bits per heavy atom. The third-order valence-corrected chi connectivity index (χ3v) is 2.50. The van der Waals surface area contributed by atoms with Crippen molar-refractivity contribution in [1.82, 2.24) is 10.3 Å². The van der Waals surface area contributed by atoms with Crippen molar-refractivity contribution < 1.29 is 10.0 Å². The molecule has 0 bridgehead atoms. The summed E-state index contributed by atoms with van der Waals surface area (Å²) in [6.45, 7) is 3.24. The van der Waals surface area contributed by atoms with Gasteiger partial charge in [-0.15, -0.1) is 0 Å². The molecule has 1 heterocycles. The van der Waals surface area contributed by atoms with Crippen LogP contribution in [-0.4, -0.2) is 40.8 Å². The van der Waals surface area contributed by atoms with Crippen LogP contribution >= 0.6 is 15.9 Å². The third-order valence-electron chi connectivity index (χ3n) is 2.06. The van der Waals surface area contributed by atoms with Crippen molar-refractivity contribution in [3.8, 4) is 0 Å². The second kappa shape index (κ2) is 7.24. The van der Waals surface area contributed by atoms with Crippen molar-refractivity contribution >= 4 is 27.4 Å². The van der Waals surface area contributed by atoms with Gasteiger partial charge in [-0.1, -0.05) is 0 Å². The molecule has 1 unspecified atom stereocenters. The highest BCUT2D eigenvalue weighted by atomic mass is 79.9. The number of rotatable bonds is 7. The topological polar surface area (TPSA) is 100 Å². The van der Waals surface area contributed by atoms with Gasteiger partial charge < -0.3 is 15.7 Å². The van der Waals surface area contributed by atoms with Gasteiger partial charge in [-0.3, -0.25) is 10.1 Å². The Morgan fingerprint density at radius 1 is 1.61 bits per heavy atom. The fourth-order valence-corrected chi connectivity index (χ4v) is 1.60. The lowest BCUT2D eigenvalue weighted by Gasteiger charge is -2.08. The summed E-state index contributed by atoms with van der Waals surface area (Å²) in [7, 11) is 0. The number of pyridine rings is 1. The van der Waals surface area contributed by atoms with Gasteiger partial charge in [0.25, 0.3) is 0 Å². The van der Waals surface area contributed by atoms with E-state index in [1.807, 2.05) is 0 Å². The summed E-state index contributed by atoms with van der Waals surface area (Å²) in [6, 6.07) is 1.40. The molecule has 0 aromatic carbocycles. The third kappa shape index (κ3) is 4.94. The van der Waals surface area contributed by atoms with Crippen molar-refractivity contribution in [3.05, 3.63) is 26.9 Å². The zero-order valence-electron chi connectivity index (χ0n) is 9.89. The van der Waals surface area contributed by atoms with E-state index in [2.05, 4.69) is 31.5 Å². The zero-order chi connectivity index (χ0) is 13.5. The molecule has 0 aliphatic rings. The highest BCUT2D eigenvalue weighted by molar-refractivity contribution is 9.10. The zero-order valence-corrected chi connectivity index (χ0v) is 11.5. The molecule has 0 radical (unpaired) electrons. The van der Waals surface area contributed by atoms with Crippen LogP contribution in [0.4, 0.5) is 11.5 Å². The quantitative estimate of drug-likeness (QED) is 0.396. The summed E-state index contributed by atoms with van der Waals surface area (Å²) < 4.78 is 0.562. The summed E-state index contributed by atoms with van der Waals surface area (Å²) in [5.41, 5.74) is -0.0695. The number of halogens is 1. The normalized spacial score (nSPS) is 12.2. The molecular formula is C10H15BrN4O3. The monoisotopic (exact) mass is 318 g/mol. The van der Waals surface area contributed by atoms with Gasteiger partial charge in [-0.05, 0) is 22.9 Å². The minimum atomic E-state index is -0.483. The first-order valence-electron chi connectivity index (χ1n) is 5.43. The van der Waals surface area contributed by atoms with Gasteiger partial charge in [0, 0.05) is 36.4 Å². The molecule has 1 aromatic rings. The second-order valence-corrected chi connectivity index (χ2v) is 4.67. The van der Waals surface area contributed by atoms with Gasteiger partial charge in [0.1, 0.15) is 0 Å². The summed E-state index contributed by atoms with van der Waals surface area (Å²) in [5, 5.41) is 25.7. The first kappa shape index (κ1) is 14.8. The fourth-order valence-electron chi connectivity index (χ4n) is 1.28. The fraction of sp³-hybridized carbons (Fsp3) is 0.500. The van der Waals surface area contributed by atoms with E-state index >= 15 is 0 Å². The second-order valence-electron chi connectivity index (χ2n) is 3.76. The maximum Gasteiger partial charge on any atom is 0.312 e. The van der Waals surface area contributed by atoms with Crippen LogP contribution in [0, 0.1) is 10.1 Å². The molecule has 0 amide bonds. The van der Waals surface area contributed by atoms with Crippen LogP contribution in [0.25, 0.3) is 0 Å². The van der Waals surface area contributed by atoms with Gasteiger partial charge >= 0.3 is 5.69 Å². The minimum Gasteiger partial charge on any atom is -0.392 e. The van der Waals surface area contributed by atoms with Crippen molar-refractivity contribution in [1.29, 1.82) is 0 Å². The summed E-state index contributed by atoms with van der Waals surface area (Å²) in [6.07, 6.45) is 1.09. The molecule has 1 atom stereocenters. The molecule has 0 spiro atoms. The molecule has 1 aromatic heterocycles. The summed E-state index contributed by atoms with van der Waals surface area (Å²) in [5.74, 6) is 0.238. The van der Waals surface area contributed by atoms with E-state index in [-0.39, 0.29) is 11.5 Å². The molecule has 0 saturated heterocycles. The maximum atomic E-state index is 10.8. The predicted molar refractivity (Wildman–Crippen MR) is 71.6 cm³/mol. The highest BCUT2D eigenvalue weighted by Gasteiger charge is 2.15. The Hall–Kier alpha value is -1.25. The number of nitrogens with zero attached hydrogens (tertiary/aromatic N) is 2. The van der Waals surface area contributed by atoms with Crippen LogP contribution in [0.1, 0.15) is 6.92 Å². The number of hydrogen-bond donors (Lipinski definition) is 3. The van der Waals surface area contributed by atoms with Gasteiger partial charge in [-0.2, -0.15) is 0 Å². The lowest BCUT2D eigenvalue weighted by atomic mass is 10.4. The average Bonchev–Trinajstić information content (AvgIpc) is 2.29. The number of aliphatic hydroxyl groups is 1. The van der Waals surface area contributed by atoms with E-state index in [1.54, 1.807) is 6.92 Å².